The Bertz CT molecular complexity index is 669. The van der Waals surface area contributed by atoms with E-state index < -0.39 is 34.3 Å². The van der Waals surface area contributed by atoms with Gasteiger partial charge in [-0.1, -0.05) is 0 Å². The zero-order valence-corrected chi connectivity index (χ0v) is 13.9. The minimum Gasteiger partial charge on any atom is -0.484 e. The Hall–Kier alpha value is -1.81. The van der Waals surface area contributed by atoms with Gasteiger partial charge in [0.15, 0.2) is 6.61 Å². The molecule has 1 aromatic rings. The number of nitrogens with one attached hydrogen (secondary N) is 1. The number of rotatable bonds is 8. The molecule has 0 aliphatic heterocycles. The van der Waals surface area contributed by atoms with E-state index in [1.165, 1.54) is 13.8 Å². The number of alkyl halides is 3. The summed E-state index contributed by atoms with van der Waals surface area (Å²) in [7, 11) is -3.95. The van der Waals surface area contributed by atoms with Crippen LogP contribution in [0.1, 0.15) is 26.7 Å². The molecule has 0 heterocycles. The molecule has 0 bridgehead atoms. The predicted octanol–water partition coefficient (Wildman–Crippen LogP) is 2.55. The monoisotopic (exact) mass is 369 g/mol. The van der Waals surface area contributed by atoms with E-state index in [1.807, 2.05) is 0 Å². The van der Waals surface area contributed by atoms with Crippen LogP contribution in [0.5, 0.6) is 5.75 Å². The van der Waals surface area contributed by atoms with E-state index in [-0.39, 0.29) is 23.5 Å². The molecule has 0 aliphatic rings. The third-order valence-electron chi connectivity index (χ3n) is 2.91. The number of ether oxygens (including phenoxy) is 1. The second-order valence-electron chi connectivity index (χ2n) is 5.76. The number of hydrogen-bond acceptors (Lipinski definition) is 4. The summed E-state index contributed by atoms with van der Waals surface area (Å²) in [5.74, 6) is -1.16. The van der Waals surface area contributed by atoms with Crippen LogP contribution in [0.15, 0.2) is 29.2 Å². The Kier molecular flexibility index (Phi) is 6.23. The fourth-order valence-electron chi connectivity index (χ4n) is 1.77. The molecule has 0 radical (unpaired) electrons. The molecule has 0 amide bonds. The first-order valence-corrected chi connectivity index (χ1v) is 8.34. The lowest BCUT2D eigenvalue weighted by Gasteiger charge is -2.25. The van der Waals surface area contributed by atoms with Gasteiger partial charge in [-0.05, 0) is 44.5 Å². The molecule has 6 nitrogen and oxygen atoms in total. The van der Waals surface area contributed by atoms with E-state index in [2.05, 4.69) is 9.46 Å². The number of carboxylic acid groups (broad SMARTS) is 1. The van der Waals surface area contributed by atoms with Gasteiger partial charge < -0.3 is 9.84 Å². The second-order valence-corrected chi connectivity index (χ2v) is 7.44. The molecule has 2 N–H and O–H groups in total. The zero-order chi connectivity index (χ0) is 18.6. The van der Waals surface area contributed by atoms with Crippen LogP contribution < -0.4 is 9.46 Å². The van der Waals surface area contributed by atoms with Crippen molar-refractivity contribution >= 4 is 16.0 Å². The minimum atomic E-state index is -4.49. The highest BCUT2D eigenvalue weighted by molar-refractivity contribution is 7.89. The summed E-state index contributed by atoms with van der Waals surface area (Å²) in [4.78, 5) is 10.4. The Morgan fingerprint density at radius 2 is 1.75 bits per heavy atom. The minimum absolute atomic E-state index is 0.0777. The Labute approximate surface area is 137 Å². The third-order valence-corrected chi connectivity index (χ3v) is 4.63. The average Bonchev–Trinajstić information content (AvgIpc) is 2.42. The maximum Gasteiger partial charge on any atom is 0.422 e. The van der Waals surface area contributed by atoms with Crippen molar-refractivity contribution in [2.45, 2.75) is 43.3 Å². The van der Waals surface area contributed by atoms with Crippen molar-refractivity contribution in [1.82, 2.24) is 4.72 Å². The van der Waals surface area contributed by atoms with Gasteiger partial charge in [0.05, 0.1) is 4.90 Å². The molecule has 0 saturated heterocycles. The van der Waals surface area contributed by atoms with Crippen molar-refractivity contribution in [3.8, 4) is 5.75 Å². The van der Waals surface area contributed by atoms with E-state index in [9.17, 15) is 26.4 Å². The average molecular weight is 369 g/mol. The van der Waals surface area contributed by atoms with Crippen LogP contribution in [0, 0.1) is 0 Å². The van der Waals surface area contributed by atoms with Gasteiger partial charge in [0.1, 0.15) is 5.75 Å². The topological polar surface area (TPSA) is 92.7 Å². The molecule has 1 aromatic carbocycles. The van der Waals surface area contributed by atoms with Gasteiger partial charge in [-0.25, -0.2) is 13.1 Å². The number of hydrogen-bond donors (Lipinski definition) is 2. The van der Waals surface area contributed by atoms with E-state index in [1.54, 1.807) is 0 Å². The van der Waals surface area contributed by atoms with E-state index >= 15 is 0 Å². The van der Waals surface area contributed by atoms with E-state index in [0.29, 0.717) is 0 Å². The van der Waals surface area contributed by atoms with Crippen LogP contribution >= 0.6 is 0 Å². The maximum atomic E-state index is 12.2. The molecule has 24 heavy (non-hydrogen) atoms. The maximum absolute atomic E-state index is 12.2. The van der Waals surface area contributed by atoms with Crippen molar-refractivity contribution in [2.24, 2.45) is 0 Å². The Morgan fingerprint density at radius 1 is 1.21 bits per heavy atom. The summed E-state index contributed by atoms with van der Waals surface area (Å²) in [6.07, 6.45) is -4.62. The van der Waals surface area contributed by atoms with Crippen LogP contribution in [0.25, 0.3) is 0 Å². The lowest BCUT2D eigenvalue weighted by atomic mass is 10.0. The summed E-state index contributed by atoms with van der Waals surface area (Å²) in [5.41, 5.74) is -0.997. The summed E-state index contributed by atoms with van der Waals surface area (Å²) in [5, 5.41) is 8.66. The molecular weight excluding hydrogens is 351 g/mol. The molecule has 0 fully saturated rings. The smallest absolute Gasteiger partial charge is 0.422 e. The van der Waals surface area contributed by atoms with Crippen molar-refractivity contribution in [3.63, 3.8) is 0 Å². The van der Waals surface area contributed by atoms with Gasteiger partial charge in [-0.3, -0.25) is 4.79 Å². The van der Waals surface area contributed by atoms with Gasteiger partial charge in [-0.15, -0.1) is 0 Å². The highest BCUT2D eigenvalue weighted by Crippen LogP contribution is 2.22. The largest absolute Gasteiger partial charge is 0.484 e. The quantitative estimate of drug-likeness (QED) is 0.735. The zero-order valence-electron chi connectivity index (χ0n) is 13.1. The van der Waals surface area contributed by atoms with Crippen molar-refractivity contribution in [3.05, 3.63) is 24.3 Å². The third kappa shape index (κ3) is 7.18. The van der Waals surface area contributed by atoms with Crippen molar-refractivity contribution < 1.29 is 36.2 Å². The Balaban J connectivity index is 2.78. The molecule has 10 heteroatoms. The van der Waals surface area contributed by atoms with Crippen molar-refractivity contribution in [1.29, 1.82) is 0 Å². The summed E-state index contributed by atoms with van der Waals surface area (Å²) < 4.78 is 67.5. The number of carboxylic acids is 1. The first kappa shape index (κ1) is 20.2. The summed E-state index contributed by atoms with van der Waals surface area (Å²) >= 11 is 0. The normalized spacial score (nSPS) is 12.9. The standard InChI is InChI=1S/C14H18F3NO5S/c1-13(2,8-7-12(19)20)18-24(21,22)11-5-3-10(4-6-11)23-9-14(15,16)17/h3-6,18H,7-9H2,1-2H3,(H,19,20). The lowest BCUT2D eigenvalue weighted by Crippen LogP contribution is -2.43. The predicted molar refractivity (Wildman–Crippen MR) is 79.3 cm³/mol. The highest BCUT2D eigenvalue weighted by Gasteiger charge is 2.29. The molecule has 0 spiro atoms. The van der Waals surface area contributed by atoms with E-state index in [0.717, 1.165) is 24.3 Å². The molecule has 0 unspecified atom stereocenters. The van der Waals surface area contributed by atoms with Gasteiger partial charge in [0, 0.05) is 12.0 Å². The fourth-order valence-corrected chi connectivity index (χ4v) is 3.22. The number of benzene rings is 1. The lowest BCUT2D eigenvalue weighted by molar-refractivity contribution is -0.153. The number of carbonyl (C=O) groups is 1. The van der Waals surface area contributed by atoms with Crippen LogP contribution in [-0.2, 0) is 14.8 Å². The molecule has 0 atom stereocenters. The molecule has 0 aromatic heterocycles. The van der Waals surface area contributed by atoms with Gasteiger partial charge in [0.25, 0.3) is 0 Å². The molecule has 1 rings (SSSR count). The molecule has 0 saturated carbocycles. The Morgan fingerprint density at radius 3 is 2.21 bits per heavy atom. The number of sulfonamides is 1. The summed E-state index contributed by atoms with van der Waals surface area (Å²) in [6.45, 7) is 1.60. The van der Waals surface area contributed by atoms with E-state index in [4.69, 9.17) is 5.11 Å². The van der Waals surface area contributed by atoms with Gasteiger partial charge in [0.2, 0.25) is 10.0 Å². The molecular formula is C14H18F3NO5S. The van der Waals surface area contributed by atoms with Crippen LogP contribution in [-0.4, -0.2) is 37.8 Å². The van der Waals surface area contributed by atoms with Crippen LogP contribution in [0.3, 0.4) is 0 Å². The second kappa shape index (κ2) is 7.39. The number of aliphatic carboxylic acids is 1. The fraction of sp³-hybridized carbons (Fsp3) is 0.500. The van der Waals surface area contributed by atoms with Crippen molar-refractivity contribution in [2.75, 3.05) is 6.61 Å². The number of halogens is 3. The first-order valence-electron chi connectivity index (χ1n) is 6.86. The van der Waals surface area contributed by atoms with Gasteiger partial charge >= 0.3 is 12.1 Å². The van der Waals surface area contributed by atoms with Crippen LogP contribution in [0.4, 0.5) is 13.2 Å². The SMILES string of the molecule is CC(C)(CCC(=O)O)NS(=O)(=O)c1ccc(OCC(F)(F)F)cc1. The highest BCUT2D eigenvalue weighted by atomic mass is 32.2. The van der Waals surface area contributed by atoms with Gasteiger partial charge in [-0.2, -0.15) is 13.2 Å². The summed E-state index contributed by atoms with van der Waals surface area (Å²) in [6, 6.07) is 4.46. The first-order chi connectivity index (χ1) is 10.8. The molecule has 0 aliphatic carbocycles. The molecule has 136 valence electrons. The van der Waals surface area contributed by atoms with Crippen LogP contribution in [0.2, 0.25) is 0 Å².